The fourth-order valence-electron chi connectivity index (χ4n) is 1.93. The molecule has 5 heteroatoms. The largest absolute Gasteiger partial charge is 0.460 e. The maximum atomic E-state index is 12.1. The summed E-state index contributed by atoms with van der Waals surface area (Å²) in [5, 5.41) is 9.30. The van der Waals surface area contributed by atoms with E-state index in [0.717, 1.165) is 5.57 Å². The highest BCUT2D eigenvalue weighted by atomic mass is 35.5. The van der Waals surface area contributed by atoms with Gasteiger partial charge in [0.15, 0.2) is 5.78 Å². The Kier molecular flexibility index (Phi) is 6.94. The Morgan fingerprint density at radius 2 is 2.19 bits per heavy atom. The Hall–Kier alpha value is -1.31. The molecule has 0 saturated carbocycles. The molecule has 1 N–H and O–H groups in total. The number of hydrogen-bond donors (Lipinski definition) is 1. The van der Waals surface area contributed by atoms with Gasteiger partial charge in [0.05, 0.1) is 5.38 Å². The summed E-state index contributed by atoms with van der Waals surface area (Å²) < 4.78 is 5.04. The summed E-state index contributed by atoms with van der Waals surface area (Å²) in [7, 11) is 0. The summed E-state index contributed by atoms with van der Waals surface area (Å²) in [5.74, 6) is -0.867. The van der Waals surface area contributed by atoms with Gasteiger partial charge < -0.3 is 9.84 Å². The predicted octanol–water partition coefficient (Wildman–Crippen LogP) is 2.68. The lowest BCUT2D eigenvalue weighted by atomic mass is 9.91. The second kappa shape index (κ2) is 8.21. The molecule has 1 rings (SSSR count). The molecule has 0 aliphatic carbocycles. The van der Waals surface area contributed by atoms with Crippen molar-refractivity contribution in [3.63, 3.8) is 0 Å². The van der Waals surface area contributed by atoms with Crippen molar-refractivity contribution in [3.8, 4) is 0 Å². The summed E-state index contributed by atoms with van der Waals surface area (Å²) in [6, 6.07) is 0. The Morgan fingerprint density at radius 1 is 1.48 bits per heavy atom. The van der Waals surface area contributed by atoms with Gasteiger partial charge in [-0.05, 0) is 45.6 Å². The zero-order valence-electron chi connectivity index (χ0n) is 12.4. The minimum absolute atomic E-state index is 0.0445. The van der Waals surface area contributed by atoms with Crippen LogP contribution in [0.5, 0.6) is 0 Å². The highest BCUT2D eigenvalue weighted by Gasteiger charge is 2.34. The van der Waals surface area contributed by atoms with Gasteiger partial charge in [0, 0.05) is 12.0 Å². The van der Waals surface area contributed by atoms with E-state index in [1.807, 2.05) is 0 Å². The normalized spacial score (nSPS) is 29.3. The molecule has 116 valence electrons. The van der Waals surface area contributed by atoms with Crippen molar-refractivity contribution in [1.82, 2.24) is 0 Å². The van der Waals surface area contributed by atoms with Gasteiger partial charge in [-0.1, -0.05) is 11.5 Å². The summed E-state index contributed by atoms with van der Waals surface area (Å²) >= 11 is 5.99. The molecule has 0 aromatic carbocycles. The molecule has 0 saturated heterocycles. The maximum absolute atomic E-state index is 12.1. The van der Waals surface area contributed by atoms with Gasteiger partial charge in [0.2, 0.25) is 0 Å². The van der Waals surface area contributed by atoms with Gasteiger partial charge in [-0.2, -0.15) is 0 Å². The van der Waals surface area contributed by atoms with Crippen LogP contribution in [0.1, 0.15) is 46.0 Å². The molecule has 0 bridgehead atoms. The predicted molar refractivity (Wildman–Crippen MR) is 80.1 cm³/mol. The highest BCUT2D eigenvalue weighted by molar-refractivity contribution is 6.32. The van der Waals surface area contributed by atoms with Crippen LogP contribution in [0.4, 0.5) is 0 Å². The van der Waals surface area contributed by atoms with Crippen molar-refractivity contribution in [2.45, 2.75) is 56.9 Å². The number of aliphatic hydroxyl groups is 1. The minimum Gasteiger partial charge on any atom is -0.460 e. The van der Waals surface area contributed by atoms with Crippen molar-refractivity contribution in [2.75, 3.05) is 6.61 Å². The molecule has 0 fully saturated rings. The number of allylic oxidation sites excluding steroid dienone is 1. The van der Waals surface area contributed by atoms with E-state index in [4.69, 9.17) is 16.3 Å². The number of rotatable bonds is 0. The average Bonchev–Trinajstić information content (AvgIpc) is 2.44. The molecule has 1 aliphatic heterocycles. The number of halogens is 1. The first kappa shape index (κ1) is 17.7. The lowest BCUT2D eigenvalue weighted by Crippen LogP contribution is -2.40. The molecule has 0 amide bonds. The van der Waals surface area contributed by atoms with E-state index in [0.29, 0.717) is 19.3 Å². The summed E-state index contributed by atoms with van der Waals surface area (Å²) in [6.45, 7) is 3.41. The van der Waals surface area contributed by atoms with E-state index in [1.54, 1.807) is 13.0 Å². The minimum atomic E-state index is -1.47. The molecule has 4 nitrogen and oxygen atoms in total. The Balaban J connectivity index is 2.86. The van der Waals surface area contributed by atoms with Crippen molar-refractivity contribution >= 4 is 23.4 Å². The van der Waals surface area contributed by atoms with Crippen LogP contribution in [0, 0.1) is 0 Å². The van der Waals surface area contributed by atoms with E-state index in [-0.39, 0.29) is 19.4 Å². The average molecular weight is 313 g/mol. The molecular formula is C16H21ClO4. The van der Waals surface area contributed by atoms with E-state index >= 15 is 0 Å². The number of cyclic esters (lactones) is 1. The van der Waals surface area contributed by atoms with Crippen LogP contribution in [-0.2, 0) is 14.3 Å². The van der Waals surface area contributed by atoms with E-state index < -0.39 is 22.7 Å². The van der Waals surface area contributed by atoms with Crippen LogP contribution in [0.15, 0.2) is 23.1 Å². The third-order valence-electron chi connectivity index (χ3n) is 3.27. The number of alkyl halides is 1. The lowest BCUT2D eigenvalue weighted by Gasteiger charge is -2.24. The molecule has 1 heterocycles. The molecule has 2 atom stereocenters. The molecule has 21 heavy (non-hydrogen) atoms. The molecule has 0 radical (unpaired) electrons. The maximum Gasteiger partial charge on any atom is 0.306 e. The molecular weight excluding hydrogens is 292 g/mol. The van der Waals surface area contributed by atoms with Gasteiger partial charge in [0.25, 0.3) is 0 Å². The summed E-state index contributed by atoms with van der Waals surface area (Å²) in [6.07, 6.45) is 3.63. The monoisotopic (exact) mass is 312 g/mol. The SMILES string of the molecule is CC1=C=C=CCCC[C@](C)(O)C(=O)[C@@H](Cl)CCC(=O)OC1. The van der Waals surface area contributed by atoms with E-state index in [2.05, 4.69) is 11.5 Å². The second-order valence-electron chi connectivity index (χ2n) is 5.45. The van der Waals surface area contributed by atoms with Crippen LogP contribution < -0.4 is 0 Å². The van der Waals surface area contributed by atoms with Crippen molar-refractivity contribution in [3.05, 3.63) is 23.1 Å². The van der Waals surface area contributed by atoms with Crippen LogP contribution >= 0.6 is 11.6 Å². The van der Waals surface area contributed by atoms with Crippen LogP contribution in [0.25, 0.3) is 0 Å². The van der Waals surface area contributed by atoms with Gasteiger partial charge in [-0.25, -0.2) is 0 Å². The zero-order valence-corrected chi connectivity index (χ0v) is 13.2. The number of hydrogen-bond acceptors (Lipinski definition) is 4. The lowest BCUT2D eigenvalue weighted by molar-refractivity contribution is -0.143. The first-order valence-electron chi connectivity index (χ1n) is 7.05. The van der Waals surface area contributed by atoms with Gasteiger partial charge >= 0.3 is 5.97 Å². The van der Waals surface area contributed by atoms with Crippen LogP contribution in [0.2, 0.25) is 0 Å². The summed E-state index contributed by atoms with van der Waals surface area (Å²) in [5.41, 5.74) is 5.05. The Bertz CT molecular complexity index is 494. The van der Waals surface area contributed by atoms with Crippen LogP contribution in [0.3, 0.4) is 0 Å². The standard InChI is InChI=1S/C16H21ClO4/c1-12-7-5-3-4-6-10-16(2,20)15(19)13(17)8-9-14(18)21-11-12/h3,13,20H,4,6,8-11H2,1-2H3/t13-,16-/m0/s1. The van der Waals surface area contributed by atoms with E-state index in [9.17, 15) is 14.7 Å². The Labute approximate surface area is 130 Å². The molecule has 0 aromatic rings. The first-order valence-corrected chi connectivity index (χ1v) is 7.48. The zero-order chi connectivity index (χ0) is 15.9. The number of carbonyl (C=O) groups excluding carboxylic acids is 2. The van der Waals surface area contributed by atoms with Crippen molar-refractivity contribution in [1.29, 1.82) is 0 Å². The highest BCUT2D eigenvalue weighted by Crippen LogP contribution is 2.21. The third-order valence-corrected chi connectivity index (χ3v) is 3.68. The molecule has 0 unspecified atom stereocenters. The molecule has 1 aliphatic rings. The van der Waals surface area contributed by atoms with Crippen molar-refractivity contribution in [2.24, 2.45) is 0 Å². The second-order valence-corrected chi connectivity index (χ2v) is 5.98. The Morgan fingerprint density at radius 3 is 2.90 bits per heavy atom. The first-order chi connectivity index (χ1) is 9.83. The fraction of sp³-hybridized carbons (Fsp3) is 0.625. The number of Topliss-reactive ketones (excluding diaryl/α,β-unsaturated/α-hetero) is 1. The summed E-state index contributed by atoms with van der Waals surface area (Å²) in [4.78, 5) is 23.6. The number of ketones is 1. The third kappa shape index (κ3) is 6.33. The van der Waals surface area contributed by atoms with Gasteiger partial charge in [0.1, 0.15) is 12.2 Å². The van der Waals surface area contributed by atoms with Gasteiger partial charge in [-0.3, -0.25) is 9.59 Å². The fourth-order valence-corrected chi connectivity index (χ4v) is 2.27. The topological polar surface area (TPSA) is 63.6 Å². The molecule has 0 aromatic heterocycles. The smallest absolute Gasteiger partial charge is 0.306 e. The van der Waals surface area contributed by atoms with E-state index in [1.165, 1.54) is 6.92 Å². The van der Waals surface area contributed by atoms with Gasteiger partial charge in [-0.15, -0.1) is 11.6 Å². The number of esters is 1. The van der Waals surface area contributed by atoms with Crippen LogP contribution in [-0.4, -0.2) is 34.4 Å². The van der Waals surface area contributed by atoms with Crippen molar-refractivity contribution < 1.29 is 19.4 Å². The quantitative estimate of drug-likeness (QED) is 0.424. The molecule has 0 spiro atoms. The number of ether oxygens (including phenoxy) is 1. The number of carbonyl (C=O) groups is 2.